The van der Waals surface area contributed by atoms with E-state index in [4.69, 9.17) is 0 Å². The number of carbonyl (C=O) groups is 1. The molecule has 0 aliphatic carbocycles. The van der Waals surface area contributed by atoms with Gasteiger partial charge in [0.1, 0.15) is 5.69 Å². The number of likely N-dealkylation sites (tertiary alicyclic amines) is 1. The van der Waals surface area contributed by atoms with Crippen molar-refractivity contribution in [3.05, 3.63) is 42.2 Å². The number of nitrogens with one attached hydrogen (secondary N) is 1. The van der Waals surface area contributed by atoms with Crippen LogP contribution in [0, 0.1) is 0 Å². The summed E-state index contributed by atoms with van der Waals surface area (Å²) in [6, 6.07) is 9.64. The van der Waals surface area contributed by atoms with E-state index < -0.39 is 0 Å². The molecule has 1 N–H and O–H groups in total. The van der Waals surface area contributed by atoms with Crippen molar-refractivity contribution in [1.29, 1.82) is 0 Å². The van der Waals surface area contributed by atoms with Gasteiger partial charge >= 0.3 is 6.03 Å². The Labute approximate surface area is 142 Å². The van der Waals surface area contributed by atoms with E-state index in [0.717, 1.165) is 31.0 Å². The second-order valence-electron chi connectivity index (χ2n) is 6.10. The van der Waals surface area contributed by atoms with E-state index in [9.17, 15) is 4.79 Å². The molecule has 0 unspecified atom stereocenters. The lowest BCUT2D eigenvalue weighted by molar-refractivity contribution is 0.204. The predicted molar refractivity (Wildman–Crippen MR) is 91.9 cm³/mol. The first-order chi connectivity index (χ1) is 11.7. The molecule has 1 aromatic carbocycles. The second kappa shape index (κ2) is 7.92. The van der Waals surface area contributed by atoms with E-state index in [2.05, 4.69) is 20.4 Å². The van der Waals surface area contributed by atoms with Gasteiger partial charge in [0.15, 0.2) is 0 Å². The van der Waals surface area contributed by atoms with E-state index in [0.29, 0.717) is 13.1 Å². The van der Waals surface area contributed by atoms with Crippen molar-refractivity contribution in [3.63, 3.8) is 0 Å². The summed E-state index contributed by atoms with van der Waals surface area (Å²) < 4.78 is 0. The Kier molecular flexibility index (Phi) is 5.43. The highest BCUT2D eigenvalue weighted by Crippen LogP contribution is 2.07. The maximum atomic E-state index is 12.1. The molecule has 7 nitrogen and oxygen atoms in total. The number of nitrogens with zero attached hydrogens (tertiary/aromatic N) is 5. The zero-order chi connectivity index (χ0) is 16.8. The van der Waals surface area contributed by atoms with E-state index in [-0.39, 0.29) is 6.03 Å². The Hall–Kier alpha value is -2.41. The summed E-state index contributed by atoms with van der Waals surface area (Å²) in [6.45, 7) is 4.33. The van der Waals surface area contributed by atoms with E-state index >= 15 is 0 Å². The highest BCUT2D eigenvalue weighted by atomic mass is 16.2. The summed E-state index contributed by atoms with van der Waals surface area (Å²) in [5, 5.41) is 11.6. The first-order valence-corrected chi connectivity index (χ1v) is 8.40. The SMILES string of the molecule is CN(Cc1cnn(-c2ccccc2)n1)C(=O)NCCN1CCCC1. The summed E-state index contributed by atoms with van der Waals surface area (Å²) >= 11 is 0. The van der Waals surface area contributed by atoms with Crippen LogP contribution in [0.15, 0.2) is 36.5 Å². The van der Waals surface area contributed by atoms with Crippen molar-refractivity contribution in [2.45, 2.75) is 19.4 Å². The smallest absolute Gasteiger partial charge is 0.317 e. The minimum atomic E-state index is -0.0801. The van der Waals surface area contributed by atoms with Crippen LogP contribution < -0.4 is 5.32 Å². The van der Waals surface area contributed by atoms with Gasteiger partial charge in [-0.15, -0.1) is 0 Å². The average Bonchev–Trinajstić information content (AvgIpc) is 3.27. The Morgan fingerprint density at radius 2 is 2.00 bits per heavy atom. The molecule has 7 heteroatoms. The lowest BCUT2D eigenvalue weighted by Crippen LogP contribution is -2.40. The summed E-state index contributed by atoms with van der Waals surface area (Å²) in [5.74, 6) is 0. The van der Waals surface area contributed by atoms with Crippen LogP contribution in [0.4, 0.5) is 4.79 Å². The Bertz CT molecular complexity index is 650. The minimum absolute atomic E-state index is 0.0801. The maximum Gasteiger partial charge on any atom is 0.317 e. The third-order valence-electron chi connectivity index (χ3n) is 4.18. The zero-order valence-electron chi connectivity index (χ0n) is 14.1. The highest BCUT2D eigenvalue weighted by Gasteiger charge is 2.14. The van der Waals surface area contributed by atoms with Gasteiger partial charge in [-0.3, -0.25) is 0 Å². The number of rotatable bonds is 6. The molecule has 0 bridgehead atoms. The summed E-state index contributed by atoms with van der Waals surface area (Å²) in [6.07, 6.45) is 4.23. The van der Waals surface area contributed by atoms with Gasteiger partial charge in [0.25, 0.3) is 0 Å². The predicted octanol–water partition coefficient (Wildman–Crippen LogP) is 1.50. The van der Waals surface area contributed by atoms with Crippen LogP contribution >= 0.6 is 0 Å². The number of para-hydroxylation sites is 1. The third kappa shape index (κ3) is 4.32. The summed E-state index contributed by atoms with van der Waals surface area (Å²) in [4.78, 5) is 17.7. The number of benzene rings is 1. The highest BCUT2D eigenvalue weighted by molar-refractivity contribution is 5.73. The quantitative estimate of drug-likeness (QED) is 0.873. The van der Waals surface area contributed by atoms with Gasteiger partial charge in [-0.2, -0.15) is 15.0 Å². The molecule has 0 saturated carbocycles. The number of amides is 2. The van der Waals surface area contributed by atoms with Crippen molar-refractivity contribution < 1.29 is 4.79 Å². The molecule has 2 amide bonds. The molecule has 3 rings (SSSR count). The van der Waals surface area contributed by atoms with Crippen molar-refractivity contribution in [2.75, 3.05) is 33.2 Å². The molecule has 2 heterocycles. The van der Waals surface area contributed by atoms with Crippen LogP contribution in [0.3, 0.4) is 0 Å². The summed E-state index contributed by atoms with van der Waals surface area (Å²) in [7, 11) is 1.77. The number of aromatic nitrogens is 3. The maximum absolute atomic E-state index is 12.1. The molecule has 0 radical (unpaired) electrons. The van der Waals surface area contributed by atoms with Crippen LogP contribution in [-0.4, -0.2) is 64.1 Å². The zero-order valence-corrected chi connectivity index (χ0v) is 14.1. The van der Waals surface area contributed by atoms with E-state index in [1.807, 2.05) is 30.3 Å². The molecule has 128 valence electrons. The first kappa shape index (κ1) is 16.4. The van der Waals surface area contributed by atoms with Crippen LogP contribution in [0.1, 0.15) is 18.5 Å². The average molecular weight is 328 g/mol. The molecule has 1 aliphatic rings. The number of urea groups is 1. The van der Waals surface area contributed by atoms with E-state index in [1.54, 1.807) is 22.9 Å². The summed E-state index contributed by atoms with van der Waals surface area (Å²) in [5.41, 5.74) is 1.66. The molecule has 2 aromatic rings. The van der Waals surface area contributed by atoms with Gasteiger partial charge in [0, 0.05) is 20.1 Å². The topological polar surface area (TPSA) is 66.3 Å². The third-order valence-corrected chi connectivity index (χ3v) is 4.18. The van der Waals surface area contributed by atoms with Crippen molar-refractivity contribution >= 4 is 6.03 Å². The van der Waals surface area contributed by atoms with Crippen LogP contribution in [0.25, 0.3) is 5.69 Å². The molecule has 24 heavy (non-hydrogen) atoms. The fourth-order valence-electron chi connectivity index (χ4n) is 2.83. The fourth-order valence-corrected chi connectivity index (χ4v) is 2.83. The minimum Gasteiger partial charge on any atom is -0.337 e. The first-order valence-electron chi connectivity index (χ1n) is 8.40. The standard InChI is InChI=1S/C17H24N6O/c1-21(17(24)18-9-12-22-10-5-6-11-22)14-15-13-19-23(20-15)16-7-3-2-4-8-16/h2-4,7-8,13H,5-6,9-12,14H2,1H3,(H,18,24). The molecule has 1 fully saturated rings. The van der Waals surface area contributed by atoms with Gasteiger partial charge in [0.2, 0.25) is 0 Å². The van der Waals surface area contributed by atoms with Gasteiger partial charge < -0.3 is 15.1 Å². The molecule has 1 aromatic heterocycles. The second-order valence-corrected chi connectivity index (χ2v) is 6.10. The molecular weight excluding hydrogens is 304 g/mol. The van der Waals surface area contributed by atoms with Gasteiger partial charge in [-0.05, 0) is 38.1 Å². The van der Waals surface area contributed by atoms with E-state index in [1.165, 1.54) is 12.8 Å². The van der Waals surface area contributed by atoms with Gasteiger partial charge in [-0.25, -0.2) is 4.79 Å². The largest absolute Gasteiger partial charge is 0.337 e. The van der Waals surface area contributed by atoms with Crippen molar-refractivity contribution in [1.82, 2.24) is 30.1 Å². The molecule has 1 saturated heterocycles. The molecule has 0 spiro atoms. The van der Waals surface area contributed by atoms with Crippen LogP contribution in [0.5, 0.6) is 0 Å². The number of carbonyl (C=O) groups excluding carboxylic acids is 1. The lowest BCUT2D eigenvalue weighted by Gasteiger charge is -2.19. The van der Waals surface area contributed by atoms with Gasteiger partial charge in [-0.1, -0.05) is 18.2 Å². The Morgan fingerprint density at radius 1 is 1.25 bits per heavy atom. The van der Waals surface area contributed by atoms with Crippen molar-refractivity contribution in [2.24, 2.45) is 0 Å². The monoisotopic (exact) mass is 328 g/mol. The fraction of sp³-hybridized carbons (Fsp3) is 0.471. The number of hydrogen-bond donors (Lipinski definition) is 1. The Balaban J connectivity index is 1.46. The molecular formula is C17H24N6O. The van der Waals surface area contributed by atoms with Gasteiger partial charge in [0.05, 0.1) is 18.4 Å². The van der Waals surface area contributed by atoms with Crippen LogP contribution in [-0.2, 0) is 6.54 Å². The van der Waals surface area contributed by atoms with Crippen molar-refractivity contribution in [3.8, 4) is 5.69 Å². The Morgan fingerprint density at radius 3 is 2.75 bits per heavy atom. The van der Waals surface area contributed by atoms with Crippen LogP contribution in [0.2, 0.25) is 0 Å². The molecule has 1 aliphatic heterocycles. The lowest BCUT2D eigenvalue weighted by atomic mass is 10.3. The number of hydrogen-bond acceptors (Lipinski definition) is 4. The normalized spacial score (nSPS) is 14.7. The molecule has 0 atom stereocenters.